The van der Waals surface area contributed by atoms with E-state index < -0.39 is 0 Å². The van der Waals surface area contributed by atoms with Crippen molar-refractivity contribution in [2.24, 2.45) is 0 Å². The monoisotopic (exact) mass is 384 g/mol. The maximum absolute atomic E-state index is 13.1. The van der Waals surface area contributed by atoms with Crippen LogP contribution in [0, 0.1) is 5.82 Å². The number of benzene rings is 1. The molecule has 1 atom stereocenters. The second-order valence-corrected chi connectivity index (χ2v) is 7.80. The van der Waals surface area contributed by atoms with E-state index in [9.17, 15) is 9.18 Å². The Morgan fingerprint density at radius 1 is 1.22 bits per heavy atom. The Labute approximate surface area is 161 Å². The minimum absolute atomic E-state index is 0.0502. The summed E-state index contributed by atoms with van der Waals surface area (Å²) in [5, 5.41) is 6.28. The van der Waals surface area contributed by atoms with E-state index >= 15 is 0 Å². The van der Waals surface area contributed by atoms with Crippen molar-refractivity contribution >= 4 is 17.2 Å². The highest BCUT2D eigenvalue weighted by Gasteiger charge is 2.29. The zero-order valence-electron chi connectivity index (χ0n) is 14.9. The molecule has 140 valence electrons. The van der Waals surface area contributed by atoms with Gasteiger partial charge in [-0.15, -0.1) is 11.3 Å². The average Bonchev–Trinajstić information content (AvgIpc) is 3.31. The molecule has 0 bridgehead atoms. The minimum Gasteiger partial charge on any atom is -0.355 e. The molecule has 0 spiro atoms. The summed E-state index contributed by atoms with van der Waals surface area (Å²) in [7, 11) is 0. The first-order valence-electron chi connectivity index (χ1n) is 9.25. The zero-order chi connectivity index (χ0) is 18.6. The van der Waals surface area contributed by atoms with Crippen LogP contribution in [-0.2, 0) is 11.2 Å². The molecule has 0 N–H and O–H groups in total. The van der Waals surface area contributed by atoms with Crippen molar-refractivity contribution < 1.29 is 13.7 Å². The number of amides is 1. The Hall–Kier alpha value is -2.47. The fourth-order valence-electron chi connectivity index (χ4n) is 3.57. The molecule has 1 saturated heterocycles. The average molecular weight is 384 g/mol. The number of hydrogen-bond donors (Lipinski definition) is 0. The molecule has 4 rings (SSSR count). The van der Waals surface area contributed by atoms with E-state index in [4.69, 9.17) is 4.52 Å². The Balaban J connectivity index is 1.55. The lowest BCUT2D eigenvalue weighted by atomic mass is 10.0. The standard InChI is InChI=1S/C21H21FN2O2S/c22-16-9-7-15(8-10-16)13-21(25)24-11-3-1-2-5-18(24)17-14-19(26-23-17)20-6-4-12-27-20/h4,6-10,12,14,18H,1-3,5,11,13H2/t18-/m0/s1. The van der Waals surface area contributed by atoms with Gasteiger partial charge in [0.05, 0.1) is 17.3 Å². The van der Waals surface area contributed by atoms with Crippen LogP contribution in [0.25, 0.3) is 10.6 Å². The van der Waals surface area contributed by atoms with E-state index in [1.54, 1.807) is 23.5 Å². The van der Waals surface area contributed by atoms with Crippen LogP contribution >= 0.6 is 11.3 Å². The summed E-state index contributed by atoms with van der Waals surface area (Å²) in [6, 6.07) is 12.0. The molecule has 6 heteroatoms. The molecule has 3 aromatic rings. The number of halogens is 1. The summed E-state index contributed by atoms with van der Waals surface area (Å²) in [5.74, 6) is 0.506. The van der Waals surface area contributed by atoms with Gasteiger partial charge in [0, 0.05) is 12.6 Å². The summed E-state index contributed by atoms with van der Waals surface area (Å²) >= 11 is 1.61. The van der Waals surface area contributed by atoms with E-state index in [2.05, 4.69) is 5.16 Å². The Kier molecular flexibility index (Phi) is 5.34. The van der Waals surface area contributed by atoms with Gasteiger partial charge < -0.3 is 9.42 Å². The van der Waals surface area contributed by atoms with E-state index in [0.29, 0.717) is 6.54 Å². The maximum Gasteiger partial charge on any atom is 0.227 e. The van der Waals surface area contributed by atoms with Gasteiger partial charge in [-0.05, 0) is 42.0 Å². The quantitative estimate of drug-likeness (QED) is 0.619. The van der Waals surface area contributed by atoms with Gasteiger partial charge in [0.25, 0.3) is 0 Å². The van der Waals surface area contributed by atoms with Crippen molar-refractivity contribution in [1.29, 1.82) is 0 Å². The van der Waals surface area contributed by atoms with Crippen LogP contribution < -0.4 is 0 Å². The van der Waals surface area contributed by atoms with Crippen molar-refractivity contribution in [2.45, 2.75) is 38.1 Å². The lowest BCUT2D eigenvalue weighted by Gasteiger charge is -2.28. The Bertz CT molecular complexity index is 889. The van der Waals surface area contributed by atoms with E-state index in [-0.39, 0.29) is 24.2 Å². The van der Waals surface area contributed by atoms with Crippen molar-refractivity contribution in [3.63, 3.8) is 0 Å². The highest BCUT2D eigenvalue weighted by Crippen LogP contribution is 2.33. The number of thiophene rings is 1. The van der Waals surface area contributed by atoms with E-state index in [1.165, 1.54) is 12.1 Å². The molecule has 0 radical (unpaired) electrons. The molecule has 1 amide bonds. The first-order valence-corrected chi connectivity index (χ1v) is 10.1. The number of likely N-dealkylation sites (tertiary alicyclic amines) is 1. The lowest BCUT2D eigenvalue weighted by molar-refractivity contribution is -0.133. The van der Waals surface area contributed by atoms with Crippen molar-refractivity contribution in [3.8, 4) is 10.6 Å². The van der Waals surface area contributed by atoms with Gasteiger partial charge in [0.1, 0.15) is 11.5 Å². The molecular weight excluding hydrogens is 363 g/mol. The number of aromatic nitrogens is 1. The van der Waals surface area contributed by atoms with Crippen LogP contribution in [0.4, 0.5) is 4.39 Å². The number of hydrogen-bond acceptors (Lipinski definition) is 4. The molecule has 27 heavy (non-hydrogen) atoms. The van der Waals surface area contributed by atoms with Gasteiger partial charge in [0.2, 0.25) is 5.91 Å². The normalized spacial score (nSPS) is 17.7. The number of carbonyl (C=O) groups is 1. The third kappa shape index (κ3) is 4.11. The predicted molar refractivity (Wildman–Crippen MR) is 103 cm³/mol. The highest BCUT2D eigenvalue weighted by atomic mass is 32.1. The van der Waals surface area contributed by atoms with Gasteiger partial charge in [-0.3, -0.25) is 4.79 Å². The van der Waals surface area contributed by atoms with Gasteiger partial charge >= 0.3 is 0 Å². The molecule has 0 unspecified atom stereocenters. The summed E-state index contributed by atoms with van der Waals surface area (Å²) in [6.45, 7) is 0.714. The van der Waals surface area contributed by atoms with Gasteiger partial charge in [-0.2, -0.15) is 0 Å². The van der Waals surface area contributed by atoms with Gasteiger partial charge in [-0.25, -0.2) is 4.39 Å². The first-order chi connectivity index (χ1) is 13.2. The molecule has 4 nitrogen and oxygen atoms in total. The topological polar surface area (TPSA) is 46.3 Å². The second kappa shape index (κ2) is 8.05. The highest BCUT2D eigenvalue weighted by molar-refractivity contribution is 7.13. The van der Waals surface area contributed by atoms with Crippen LogP contribution in [0.1, 0.15) is 43.0 Å². The van der Waals surface area contributed by atoms with Crippen LogP contribution in [0.3, 0.4) is 0 Å². The van der Waals surface area contributed by atoms with Crippen molar-refractivity contribution in [1.82, 2.24) is 10.1 Å². The molecule has 1 aliphatic rings. The summed E-state index contributed by atoms with van der Waals surface area (Å²) < 4.78 is 18.7. The smallest absolute Gasteiger partial charge is 0.227 e. The van der Waals surface area contributed by atoms with E-state index in [0.717, 1.165) is 47.6 Å². The van der Waals surface area contributed by atoms with Gasteiger partial charge in [0.15, 0.2) is 5.76 Å². The maximum atomic E-state index is 13.1. The fraction of sp³-hybridized carbons (Fsp3) is 0.333. The largest absolute Gasteiger partial charge is 0.355 e. The summed E-state index contributed by atoms with van der Waals surface area (Å²) in [5.41, 5.74) is 1.64. The fourth-order valence-corrected chi connectivity index (χ4v) is 4.25. The third-order valence-corrected chi connectivity index (χ3v) is 5.86. The van der Waals surface area contributed by atoms with E-state index in [1.807, 2.05) is 28.5 Å². The van der Waals surface area contributed by atoms with Crippen LogP contribution in [0.15, 0.2) is 52.4 Å². The molecule has 1 fully saturated rings. The third-order valence-electron chi connectivity index (χ3n) is 4.98. The summed E-state index contributed by atoms with van der Waals surface area (Å²) in [6.07, 6.45) is 4.30. The molecule has 2 aromatic heterocycles. The molecule has 3 heterocycles. The second-order valence-electron chi connectivity index (χ2n) is 6.85. The van der Waals surface area contributed by atoms with Crippen LogP contribution in [0.5, 0.6) is 0 Å². The Morgan fingerprint density at radius 3 is 2.85 bits per heavy atom. The molecular formula is C21H21FN2O2S. The molecule has 1 aromatic carbocycles. The first kappa shape index (κ1) is 17.9. The molecule has 1 aliphatic heterocycles. The number of nitrogens with zero attached hydrogens (tertiary/aromatic N) is 2. The molecule has 0 saturated carbocycles. The number of carbonyl (C=O) groups excluding carboxylic acids is 1. The Morgan fingerprint density at radius 2 is 2.07 bits per heavy atom. The number of rotatable bonds is 4. The zero-order valence-corrected chi connectivity index (χ0v) is 15.8. The summed E-state index contributed by atoms with van der Waals surface area (Å²) in [4.78, 5) is 16.0. The van der Waals surface area contributed by atoms with Crippen molar-refractivity contribution in [2.75, 3.05) is 6.54 Å². The van der Waals surface area contributed by atoms with Crippen LogP contribution in [-0.4, -0.2) is 22.5 Å². The van der Waals surface area contributed by atoms with Gasteiger partial charge in [-0.1, -0.05) is 36.2 Å². The lowest BCUT2D eigenvalue weighted by Crippen LogP contribution is -2.36. The van der Waals surface area contributed by atoms with Crippen LogP contribution in [0.2, 0.25) is 0 Å². The minimum atomic E-state index is -0.289. The molecule has 0 aliphatic carbocycles. The SMILES string of the molecule is O=C(Cc1ccc(F)cc1)N1CCCCC[C@H]1c1cc(-c2cccs2)on1. The van der Waals surface area contributed by atoms with Crippen molar-refractivity contribution in [3.05, 3.63) is 64.9 Å². The predicted octanol–water partition coefficient (Wildman–Crippen LogP) is 5.23.